The SMILES string of the molecule is CCOCCOCCNC(=O)COCCOCCCCC(NC(=O)CCCCCCCCCCCCCCCCC=O)C(=O)O. The van der Waals surface area contributed by atoms with Gasteiger partial charge < -0.3 is 39.5 Å². The van der Waals surface area contributed by atoms with E-state index in [4.69, 9.17) is 18.9 Å². The lowest BCUT2D eigenvalue weighted by Crippen LogP contribution is -2.40. The van der Waals surface area contributed by atoms with Gasteiger partial charge in [0, 0.05) is 32.6 Å². The molecule has 264 valence electrons. The van der Waals surface area contributed by atoms with E-state index >= 15 is 0 Å². The van der Waals surface area contributed by atoms with Crippen LogP contribution in [-0.2, 0) is 38.1 Å². The summed E-state index contributed by atoms with van der Waals surface area (Å²) in [5, 5.41) is 14.8. The maximum Gasteiger partial charge on any atom is 0.326 e. The van der Waals surface area contributed by atoms with Crippen LogP contribution in [0.15, 0.2) is 0 Å². The average Bonchev–Trinajstić information content (AvgIpc) is 3.02. The molecular formula is C34H64N2O9. The van der Waals surface area contributed by atoms with Crippen molar-refractivity contribution in [3.8, 4) is 0 Å². The zero-order valence-electron chi connectivity index (χ0n) is 28.2. The van der Waals surface area contributed by atoms with Gasteiger partial charge in [-0.3, -0.25) is 9.59 Å². The zero-order valence-corrected chi connectivity index (χ0v) is 28.2. The molecule has 3 N–H and O–H groups in total. The number of ether oxygens (including phenoxy) is 4. The molecule has 0 rings (SSSR count). The first-order valence-electron chi connectivity index (χ1n) is 17.5. The number of hydrogen-bond donors (Lipinski definition) is 3. The largest absolute Gasteiger partial charge is 0.480 e. The fourth-order valence-electron chi connectivity index (χ4n) is 4.77. The molecule has 0 aromatic heterocycles. The van der Waals surface area contributed by atoms with Crippen LogP contribution in [0.1, 0.15) is 129 Å². The number of aliphatic carboxylic acids is 1. The van der Waals surface area contributed by atoms with Crippen molar-refractivity contribution in [2.45, 2.75) is 135 Å². The Morgan fingerprint density at radius 2 is 1.16 bits per heavy atom. The van der Waals surface area contributed by atoms with Crippen molar-refractivity contribution in [3.05, 3.63) is 0 Å². The second-order valence-corrected chi connectivity index (χ2v) is 11.4. The summed E-state index contributed by atoms with van der Waals surface area (Å²) in [6.07, 6.45) is 20.2. The molecule has 1 atom stereocenters. The van der Waals surface area contributed by atoms with Crippen molar-refractivity contribution in [3.63, 3.8) is 0 Å². The standard InChI is InChI=1S/C34H64N2O9/c1-2-42-26-27-44-25-22-35-33(39)30-45-29-28-43-24-19-17-20-31(34(40)41)36-32(38)21-16-14-12-10-8-6-4-3-5-7-9-11-13-15-18-23-37/h23,31H,2-22,24-30H2,1H3,(H,35,39)(H,36,38)(H,40,41). The molecule has 0 aromatic rings. The average molecular weight is 645 g/mol. The van der Waals surface area contributed by atoms with Gasteiger partial charge in [0.25, 0.3) is 0 Å². The normalized spacial score (nSPS) is 11.8. The molecule has 0 aliphatic rings. The number of hydrogen-bond acceptors (Lipinski definition) is 8. The van der Waals surface area contributed by atoms with E-state index in [-0.39, 0.29) is 18.4 Å². The summed E-state index contributed by atoms with van der Waals surface area (Å²) in [6.45, 7) is 5.50. The van der Waals surface area contributed by atoms with Crippen LogP contribution in [0.3, 0.4) is 0 Å². The Labute approximate surface area is 272 Å². The van der Waals surface area contributed by atoms with Crippen molar-refractivity contribution in [2.24, 2.45) is 0 Å². The topological polar surface area (TPSA) is 149 Å². The number of carbonyl (C=O) groups excluding carboxylic acids is 3. The minimum Gasteiger partial charge on any atom is -0.480 e. The van der Waals surface area contributed by atoms with Crippen LogP contribution in [0, 0.1) is 0 Å². The predicted molar refractivity (Wildman–Crippen MR) is 175 cm³/mol. The van der Waals surface area contributed by atoms with E-state index in [0.717, 1.165) is 32.0 Å². The molecule has 0 saturated heterocycles. The molecule has 1 unspecified atom stereocenters. The summed E-state index contributed by atoms with van der Waals surface area (Å²) in [5.74, 6) is -1.42. The molecule has 0 bridgehead atoms. The lowest BCUT2D eigenvalue weighted by Gasteiger charge is -2.14. The minimum atomic E-state index is -1.01. The number of amides is 2. The molecule has 11 heteroatoms. The highest BCUT2D eigenvalue weighted by Gasteiger charge is 2.19. The second kappa shape index (κ2) is 34.8. The minimum absolute atomic E-state index is 0.0461. The number of rotatable bonds is 36. The van der Waals surface area contributed by atoms with E-state index in [1.165, 1.54) is 64.2 Å². The Balaban J connectivity index is 3.57. The number of carboxylic acid groups (broad SMARTS) is 1. The van der Waals surface area contributed by atoms with Gasteiger partial charge in [-0.25, -0.2) is 4.79 Å². The lowest BCUT2D eigenvalue weighted by atomic mass is 10.0. The summed E-state index contributed by atoms with van der Waals surface area (Å²) < 4.78 is 21.3. The van der Waals surface area contributed by atoms with Crippen LogP contribution in [0.2, 0.25) is 0 Å². The Hall–Kier alpha value is -2.08. The second-order valence-electron chi connectivity index (χ2n) is 11.4. The third-order valence-corrected chi connectivity index (χ3v) is 7.39. The number of aldehydes is 1. The van der Waals surface area contributed by atoms with Gasteiger partial charge in [-0.2, -0.15) is 0 Å². The number of unbranched alkanes of at least 4 members (excludes halogenated alkanes) is 15. The quantitative estimate of drug-likeness (QED) is 0.0604. The van der Waals surface area contributed by atoms with E-state index in [1.807, 2.05) is 6.92 Å². The Morgan fingerprint density at radius 3 is 1.73 bits per heavy atom. The Morgan fingerprint density at radius 1 is 0.622 bits per heavy atom. The van der Waals surface area contributed by atoms with Crippen molar-refractivity contribution in [1.82, 2.24) is 10.6 Å². The smallest absolute Gasteiger partial charge is 0.326 e. The molecule has 0 aromatic carbocycles. The molecular weight excluding hydrogens is 580 g/mol. The molecule has 2 amide bonds. The molecule has 0 fully saturated rings. The highest BCUT2D eigenvalue weighted by molar-refractivity contribution is 5.83. The highest BCUT2D eigenvalue weighted by Crippen LogP contribution is 2.14. The summed E-state index contributed by atoms with van der Waals surface area (Å²) in [4.78, 5) is 45.8. The van der Waals surface area contributed by atoms with Crippen LogP contribution in [0.5, 0.6) is 0 Å². The third-order valence-electron chi connectivity index (χ3n) is 7.39. The Kier molecular flexibility index (Phi) is 33.2. The highest BCUT2D eigenvalue weighted by atomic mass is 16.5. The summed E-state index contributed by atoms with van der Waals surface area (Å²) in [6, 6.07) is -0.878. The molecule has 0 saturated carbocycles. The molecule has 11 nitrogen and oxygen atoms in total. The van der Waals surface area contributed by atoms with Gasteiger partial charge in [0.1, 0.15) is 18.9 Å². The number of carbonyl (C=O) groups is 4. The van der Waals surface area contributed by atoms with E-state index in [2.05, 4.69) is 10.6 Å². The maximum absolute atomic E-state index is 12.2. The predicted octanol–water partition coefficient (Wildman–Crippen LogP) is 5.37. The molecule has 0 radical (unpaired) electrons. The molecule has 0 aliphatic carbocycles. The lowest BCUT2D eigenvalue weighted by molar-refractivity contribution is -0.142. The van der Waals surface area contributed by atoms with Crippen LogP contribution < -0.4 is 10.6 Å². The van der Waals surface area contributed by atoms with Gasteiger partial charge in [-0.1, -0.05) is 77.0 Å². The summed E-state index contributed by atoms with van der Waals surface area (Å²) in [5.41, 5.74) is 0. The van der Waals surface area contributed by atoms with Gasteiger partial charge in [0.2, 0.25) is 11.8 Å². The molecule has 45 heavy (non-hydrogen) atoms. The number of nitrogens with one attached hydrogen (secondary N) is 2. The zero-order chi connectivity index (χ0) is 33.1. The van der Waals surface area contributed by atoms with Crippen molar-refractivity contribution in [1.29, 1.82) is 0 Å². The van der Waals surface area contributed by atoms with Crippen molar-refractivity contribution >= 4 is 24.1 Å². The monoisotopic (exact) mass is 644 g/mol. The van der Waals surface area contributed by atoms with Crippen LogP contribution >= 0.6 is 0 Å². The van der Waals surface area contributed by atoms with Gasteiger partial charge >= 0.3 is 5.97 Å². The van der Waals surface area contributed by atoms with E-state index in [0.29, 0.717) is 84.9 Å². The first-order chi connectivity index (χ1) is 22.0. The van der Waals surface area contributed by atoms with Gasteiger partial charge in [-0.05, 0) is 39.0 Å². The molecule has 0 aliphatic heterocycles. The van der Waals surface area contributed by atoms with Crippen molar-refractivity contribution in [2.75, 3.05) is 59.4 Å². The first kappa shape index (κ1) is 42.9. The van der Waals surface area contributed by atoms with Gasteiger partial charge in [-0.15, -0.1) is 0 Å². The van der Waals surface area contributed by atoms with Crippen LogP contribution in [0.25, 0.3) is 0 Å². The van der Waals surface area contributed by atoms with Crippen LogP contribution in [0.4, 0.5) is 0 Å². The molecule has 0 heterocycles. The molecule has 0 spiro atoms. The van der Waals surface area contributed by atoms with Crippen LogP contribution in [-0.4, -0.2) is 94.6 Å². The summed E-state index contributed by atoms with van der Waals surface area (Å²) >= 11 is 0. The maximum atomic E-state index is 12.2. The summed E-state index contributed by atoms with van der Waals surface area (Å²) in [7, 11) is 0. The van der Waals surface area contributed by atoms with Gasteiger partial charge in [0.15, 0.2) is 0 Å². The third kappa shape index (κ3) is 33.1. The first-order valence-corrected chi connectivity index (χ1v) is 17.5. The fourth-order valence-corrected chi connectivity index (χ4v) is 4.77. The number of carboxylic acids is 1. The van der Waals surface area contributed by atoms with E-state index in [1.54, 1.807) is 0 Å². The van der Waals surface area contributed by atoms with E-state index in [9.17, 15) is 24.3 Å². The van der Waals surface area contributed by atoms with E-state index < -0.39 is 12.0 Å². The van der Waals surface area contributed by atoms with Crippen molar-refractivity contribution < 1.29 is 43.2 Å². The van der Waals surface area contributed by atoms with Gasteiger partial charge in [0.05, 0.1) is 33.0 Å². The fraction of sp³-hybridized carbons (Fsp3) is 0.882. The Bertz CT molecular complexity index is 709.